The smallest absolute Gasteiger partial charge is 0.0511 e. The number of thiophene rings is 1. The Hall–Kier alpha value is -0.750. The first-order valence-electron chi connectivity index (χ1n) is 5.30. The van der Waals surface area contributed by atoms with Crippen LogP contribution in [0.3, 0.4) is 0 Å². The number of hydrazine groups is 1. The van der Waals surface area contributed by atoms with Crippen molar-refractivity contribution in [3.8, 4) is 0 Å². The molecule has 3 nitrogen and oxygen atoms in total. The molecule has 0 aliphatic rings. The first kappa shape index (κ1) is 12.7. The van der Waals surface area contributed by atoms with Gasteiger partial charge in [0, 0.05) is 33.5 Å². The molecule has 2 aromatic rings. The number of halogens is 1. The maximum absolute atomic E-state index is 5.65. The molecule has 0 fully saturated rings. The monoisotopic (exact) mass is 311 g/mol. The van der Waals surface area contributed by atoms with Crippen LogP contribution in [0, 0.1) is 6.92 Å². The van der Waals surface area contributed by atoms with Crippen LogP contribution < -0.4 is 11.3 Å². The highest BCUT2D eigenvalue weighted by Gasteiger charge is 2.13. The molecule has 0 saturated carbocycles. The minimum atomic E-state index is 0.128. The van der Waals surface area contributed by atoms with Crippen LogP contribution in [0.2, 0.25) is 0 Å². The first-order valence-corrected chi connectivity index (χ1v) is 6.97. The molecule has 0 aromatic carbocycles. The van der Waals surface area contributed by atoms with E-state index >= 15 is 0 Å². The molecule has 2 rings (SSSR count). The van der Waals surface area contributed by atoms with Gasteiger partial charge in [-0.15, -0.1) is 11.3 Å². The van der Waals surface area contributed by atoms with Gasteiger partial charge < -0.3 is 0 Å². The lowest BCUT2D eigenvalue weighted by atomic mass is 10.0. The van der Waals surface area contributed by atoms with Gasteiger partial charge in [-0.25, -0.2) is 0 Å². The number of nitrogens with two attached hydrogens (primary N) is 1. The number of hydrogen-bond donors (Lipinski definition) is 2. The van der Waals surface area contributed by atoms with Crippen LogP contribution in [0.5, 0.6) is 0 Å². The molecule has 3 N–H and O–H groups in total. The van der Waals surface area contributed by atoms with Crippen molar-refractivity contribution >= 4 is 27.3 Å². The van der Waals surface area contributed by atoms with Gasteiger partial charge in [0.05, 0.1) is 6.04 Å². The largest absolute Gasteiger partial charge is 0.271 e. The molecule has 17 heavy (non-hydrogen) atoms. The average Bonchev–Trinajstić information content (AvgIpc) is 2.73. The van der Waals surface area contributed by atoms with Gasteiger partial charge in [-0.3, -0.25) is 16.3 Å². The fourth-order valence-corrected chi connectivity index (χ4v) is 3.29. The van der Waals surface area contributed by atoms with E-state index in [9.17, 15) is 0 Å². The van der Waals surface area contributed by atoms with E-state index in [0.717, 1.165) is 16.5 Å². The quantitative estimate of drug-likeness (QED) is 0.674. The zero-order valence-corrected chi connectivity index (χ0v) is 11.9. The van der Waals surface area contributed by atoms with Crippen LogP contribution >= 0.6 is 27.3 Å². The van der Waals surface area contributed by atoms with Crippen molar-refractivity contribution in [3.63, 3.8) is 0 Å². The second-order valence-electron chi connectivity index (χ2n) is 3.89. The third-order valence-electron chi connectivity index (χ3n) is 2.67. The summed E-state index contributed by atoms with van der Waals surface area (Å²) < 4.78 is 1.12. The van der Waals surface area contributed by atoms with Gasteiger partial charge in [0.2, 0.25) is 0 Å². The number of aromatic nitrogens is 1. The highest BCUT2D eigenvalue weighted by molar-refractivity contribution is 9.10. The van der Waals surface area contributed by atoms with Gasteiger partial charge in [0.15, 0.2) is 0 Å². The second kappa shape index (κ2) is 5.73. The molecule has 0 aliphatic carbocycles. The van der Waals surface area contributed by atoms with Crippen molar-refractivity contribution in [2.24, 2.45) is 5.84 Å². The van der Waals surface area contributed by atoms with Gasteiger partial charge in [0.1, 0.15) is 0 Å². The van der Waals surface area contributed by atoms with E-state index in [0.29, 0.717) is 0 Å². The molecular weight excluding hydrogens is 298 g/mol. The highest BCUT2D eigenvalue weighted by atomic mass is 79.9. The lowest BCUT2D eigenvalue weighted by Gasteiger charge is -2.17. The number of nitrogens with one attached hydrogen (secondary N) is 1. The summed E-state index contributed by atoms with van der Waals surface area (Å²) in [6.45, 7) is 2.05. The zero-order valence-electron chi connectivity index (χ0n) is 9.48. The van der Waals surface area contributed by atoms with E-state index in [-0.39, 0.29) is 6.04 Å². The minimum Gasteiger partial charge on any atom is -0.271 e. The Kier molecular flexibility index (Phi) is 4.28. The summed E-state index contributed by atoms with van der Waals surface area (Å²) in [5.41, 5.74) is 5.24. The summed E-state index contributed by atoms with van der Waals surface area (Å²) in [5.74, 6) is 5.65. The van der Waals surface area contributed by atoms with E-state index in [1.807, 2.05) is 12.3 Å². The van der Waals surface area contributed by atoms with E-state index in [4.69, 9.17) is 5.84 Å². The van der Waals surface area contributed by atoms with Crippen LogP contribution in [0.25, 0.3) is 0 Å². The lowest BCUT2D eigenvalue weighted by molar-refractivity contribution is 0.552. The van der Waals surface area contributed by atoms with E-state index in [2.05, 4.69) is 44.7 Å². The Balaban J connectivity index is 2.20. The first-order chi connectivity index (χ1) is 8.20. The molecule has 0 saturated heterocycles. The predicted octanol–water partition coefficient (Wildman–Crippen LogP) is 2.96. The molecule has 0 radical (unpaired) electrons. The third-order valence-corrected chi connectivity index (χ3v) is 4.39. The SMILES string of the molecule is Cc1cnccc1C(Cc1cc(Br)cs1)NN. The Morgan fingerprint density at radius 3 is 3.00 bits per heavy atom. The summed E-state index contributed by atoms with van der Waals surface area (Å²) in [6.07, 6.45) is 4.55. The zero-order chi connectivity index (χ0) is 12.3. The molecule has 5 heteroatoms. The van der Waals surface area contributed by atoms with Crippen LogP contribution in [-0.2, 0) is 6.42 Å². The fourth-order valence-electron chi connectivity index (χ4n) is 1.80. The van der Waals surface area contributed by atoms with Crippen molar-refractivity contribution in [2.45, 2.75) is 19.4 Å². The van der Waals surface area contributed by atoms with E-state index in [1.54, 1.807) is 17.5 Å². The molecule has 0 aliphatic heterocycles. The molecule has 1 unspecified atom stereocenters. The predicted molar refractivity (Wildman–Crippen MR) is 74.8 cm³/mol. The Bertz CT molecular complexity index is 498. The Morgan fingerprint density at radius 1 is 1.59 bits per heavy atom. The normalized spacial score (nSPS) is 12.6. The Morgan fingerprint density at radius 2 is 2.41 bits per heavy atom. The fraction of sp³-hybridized carbons (Fsp3) is 0.250. The standard InChI is InChI=1S/C12H14BrN3S/c1-8-6-15-3-2-11(8)12(16-14)5-10-4-9(13)7-17-10/h2-4,6-7,12,16H,5,14H2,1H3. The van der Waals surface area contributed by atoms with Crippen LogP contribution in [0.4, 0.5) is 0 Å². The summed E-state index contributed by atoms with van der Waals surface area (Å²) >= 11 is 5.20. The molecule has 2 heterocycles. The number of nitrogens with zero attached hydrogens (tertiary/aromatic N) is 1. The van der Waals surface area contributed by atoms with Gasteiger partial charge in [0.25, 0.3) is 0 Å². The Labute approximate surface area is 113 Å². The topological polar surface area (TPSA) is 50.9 Å². The second-order valence-corrected chi connectivity index (χ2v) is 5.80. The third kappa shape index (κ3) is 3.13. The summed E-state index contributed by atoms with van der Waals surface area (Å²) in [5, 5.41) is 2.09. The molecular formula is C12H14BrN3S. The number of rotatable bonds is 4. The van der Waals surface area contributed by atoms with Crippen LogP contribution in [-0.4, -0.2) is 4.98 Å². The summed E-state index contributed by atoms with van der Waals surface area (Å²) in [6, 6.07) is 4.28. The van der Waals surface area contributed by atoms with Crippen LogP contribution in [0.15, 0.2) is 34.4 Å². The number of hydrogen-bond acceptors (Lipinski definition) is 4. The number of pyridine rings is 1. The highest BCUT2D eigenvalue weighted by Crippen LogP contribution is 2.26. The molecule has 1 atom stereocenters. The molecule has 90 valence electrons. The maximum Gasteiger partial charge on any atom is 0.0511 e. The van der Waals surface area contributed by atoms with Crippen LogP contribution in [0.1, 0.15) is 22.0 Å². The van der Waals surface area contributed by atoms with Gasteiger partial charge in [-0.05, 0) is 46.1 Å². The minimum absolute atomic E-state index is 0.128. The summed E-state index contributed by atoms with van der Waals surface area (Å²) in [4.78, 5) is 5.40. The van der Waals surface area contributed by atoms with Crippen molar-refractivity contribution < 1.29 is 0 Å². The van der Waals surface area contributed by atoms with Crippen molar-refractivity contribution in [2.75, 3.05) is 0 Å². The summed E-state index contributed by atoms with van der Waals surface area (Å²) in [7, 11) is 0. The van der Waals surface area contributed by atoms with Gasteiger partial charge in [-0.1, -0.05) is 0 Å². The molecule has 0 bridgehead atoms. The van der Waals surface area contributed by atoms with E-state index < -0.39 is 0 Å². The average molecular weight is 312 g/mol. The van der Waals surface area contributed by atoms with Gasteiger partial charge >= 0.3 is 0 Å². The molecule has 2 aromatic heterocycles. The maximum atomic E-state index is 5.65. The molecule has 0 amide bonds. The van der Waals surface area contributed by atoms with E-state index in [1.165, 1.54) is 10.4 Å². The van der Waals surface area contributed by atoms with Gasteiger partial charge in [-0.2, -0.15) is 0 Å². The lowest BCUT2D eigenvalue weighted by Crippen LogP contribution is -2.29. The molecule has 0 spiro atoms. The van der Waals surface area contributed by atoms with Crippen molar-refractivity contribution in [3.05, 3.63) is 50.4 Å². The number of aryl methyl sites for hydroxylation is 1. The van der Waals surface area contributed by atoms with Crippen molar-refractivity contribution in [1.29, 1.82) is 0 Å². The van der Waals surface area contributed by atoms with Crippen molar-refractivity contribution in [1.82, 2.24) is 10.4 Å².